The minimum Gasteiger partial charge on any atom is -0.507 e. The molecule has 1 atom stereocenters. The van der Waals surface area contributed by atoms with E-state index in [-0.39, 0.29) is 11.3 Å². The highest BCUT2D eigenvalue weighted by Gasteiger charge is 2.48. The number of H-pyrrole nitrogens is 1. The first-order chi connectivity index (χ1) is 16.5. The molecule has 4 aromatic rings. The maximum absolute atomic E-state index is 13.4. The van der Waals surface area contributed by atoms with Gasteiger partial charge < -0.3 is 19.6 Å². The van der Waals surface area contributed by atoms with E-state index in [9.17, 15) is 14.7 Å². The number of methoxy groups -OCH3 is 2. The van der Waals surface area contributed by atoms with Gasteiger partial charge in [-0.25, -0.2) is 0 Å². The van der Waals surface area contributed by atoms with E-state index >= 15 is 0 Å². The lowest BCUT2D eigenvalue weighted by Gasteiger charge is -2.25. The van der Waals surface area contributed by atoms with Gasteiger partial charge in [0.2, 0.25) is 0 Å². The van der Waals surface area contributed by atoms with Crippen LogP contribution in [0.15, 0.2) is 65.7 Å². The second-order valence-corrected chi connectivity index (χ2v) is 8.87. The van der Waals surface area contributed by atoms with Crippen LogP contribution in [0.2, 0.25) is 0 Å². The number of aryl methyl sites for hydroxylation is 1. The second-order valence-electron chi connectivity index (χ2n) is 7.92. The van der Waals surface area contributed by atoms with Crippen molar-refractivity contribution in [2.24, 2.45) is 0 Å². The summed E-state index contributed by atoms with van der Waals surface area (Å²) in [5, 5.41) is 14.1. The highest BCUT2D eigenvalue weighted by Crippen LogP contribution is 2.46. The van der Waals surface area contributed by atoms with Crippen LogP contribution in [0, 0.1) is 6.92 Å². The fraction of sp³-hybridized carbons (Fsp3) is 0.154. The Balaban J connectivity index is 1.75. The van der Waals surface area contributed by atoms with Crippen LogP contribution in [0.3, 0.4) is 0 Å². The molecule has 172 valence electrons. The molecule has 1 unspecified atom stereocenters. The predicted molar refractivity (Wildman–Crippen MR) is 132 cm³/mol. The quantitative estimate of drug-likeness (QED) is 0.236. The molecule has 0 spiro atoms. The van der Waals surface area contributed by atoms with Gasteiger partial charge in [-0.15, -0.1) is 11.3 Å². The number of anilines is 1. The number of aromatic nitrogens is 1. The number of carbonyl (C=O) groups is 2. The van der Waals surface area contributed by atoms with Crippen LogP contribution in [-0.4, -0.2) is 36.0 Å². The zero-order chi connectivity index (χ0) is 24.0. The first-order valence-electron chi connectivity index (χ1n) is 10.6. The van der Waals surface area contributed by atoms with Gasteiger partial charge in [-0.05, 0) is 42.1 Å². The molecule has 0 bridgehead atoms. The van der Waals surface area contributed by atoms with Gasteiger partial charge in [-0.3, -0.25) is 14.5 Å². The number of hydrogen-bond acceptors (Lipinski definition) is 6. The van der Waals surface area contributed by atoms with Crippen molar-refractivity contribution < 1.29 is 24.2 Å². The molecule has 2 aromatic carbocycles. The maximum atomic E-state index is 13.4. The molecule has 1 saturated heterocycles. The Labute approximate surface area is 199 Å². The molecule has 5 rings (SSSR count). The van der Waals surface area contributed by atoms with Crippen LogP contribution < -0.4 is 14.4 Å². The van der Waals surface area contributed by atoms with Gasteiger partial charge in [0.05, 0.1) is 19.8 Å². The number of thiophene rings is 1. The topological polar surface area (TPSA) is 91.9 Å². The van der Waals surface area contributed by atoms with Gasteiger partial charge in [0.1, 0.15) is 11.8 Å². The van der Waals surface area contributed by atoms with Crippen LogP contribution in [0.4, 0.5) is 5.69 Å². The second kappa shape index (κ2) is 8.39. The van der Waals surface area contributed by atoms with Crippen molar-refractivity contribution in [3.8, 4) is 11.5 Å². The number of ether oxygens (including phenoxy) is 2. The van der Waals surface area contributed by atoms with Gasteiger partial charge in [-0.2, -0.15) is 0 Å². The number of ketones is 1. The maximum Gasteiger partial charge on any atom is 0.300 e. The SMILES string of the molecule is COc1ccc(N2C(=O)C(=O)/C(=C(/O)c3c[nH]c4ccccc34)C2c2sccc2C)cc1OC. The van der Waals surface area contributed by atoms with Gasteiger partial charge >= 0.3 is 0 Å². The number of para-hydroxylation sites is 1. The number of benzene rings is 2. The molecule has 34 heavy (non-hydrogen) atoms. The molecule has 1 aliphatic heterocycles. The Kier molecular flexibility index (Phi) is 5.37. The number of rotatable bonds is 5. The van der Waals surface area contributed by atoms with Crippen molar-refractivity contribution in [1.82, 2.24) is 4.98 Å². The smallest absolute Gasteiger partial charge is 0.300 e. The number of carbonyl (C=O) groups excluding carboxylic acids is 2. The molecular weight excluding hydrogens is 452 g/mol. The zero-order valence-corrected chi connectivity index (χ0v) is 19.6. The standard InChI is InChI=1S/C26H22N2O5S/c1-14-10-11-34-25(14)22-21(23(29)17-13-27-18-7-5-4-6-16(17)18)24(30)26(31)28(22)15-8-9-19(32-2)20(12-15)33-3/h4-13,22,27,29H,1-3H3/b23-21+. The number of fused-ring (bicyclic) bond motifs is 1. The summed E-state index contributed by atoms with van der Waals surface area (Å²) in [5.41, 5.74) is 2.74. The largest absolute Gasteiger partial charge is 0.507 e. The van der Waals surface area contributed by atoms with Gasteiger partial charge in [0.25, 0.3) is 11.7 Å². The summed E-state index contributed by atoms with van der Waals surface area (Å²) in [6.07, 6.45) is 1.65. The lowest BCUT2D eigenvalue weighted by atomic mass is 9.98. The van der Waals surface area contributed by atoms with Crippen LogP contribution in [0.1, 0.15) is 22.0 Å². The van der Waals surface area contributed by atoms with Crippen LogP contribution in [0.25, 0.3) is 16.7 Å². The van der Waals surface area contributed by atoms with Crippen molar-refractivity contribution in [3.05, 3.63) is 81.7 Å². The van der Waals surface area contributed by atoms with Crippen molar-refractivity contribution in [2.45, 2.75) is 13.0 Å². The highest BCUT2D eigenvalue weighted by molar-refractivity contribution is 7.10. The number of amides is 1. The molecule has 0 aliphatic carbocycles. The molecule has 1 aliphatic rings. The monoisotopic (exact) mass is 474 g/mol. The minimum atomic E-state index is -0.785. The fourth-order valence-corrected chi connectivity index (χ4v) is 5.42. The first kappa shape index (κ1) is 21.8. The summed E-state index contributed by atoms with van der Waals surface area (Å²) >= 11 is 1.43. The van der Waals surface area contributed by atoms with E-state index < -0.39 is 17.7 Å². The van der Waals surface area contributed by atoms with Gasteiger partial charge in [0, 0.05) is 39.3 Å². The van der Waals surface area contributed by atoms with E-state index in [1.807, 2.05) is 42.6 Å². The van der Waals surface area contributed by atoms with E-state index in [1.165, 1.54) is 30.5 Å². The molecule has 2 N–H and O–H groups in total. The summed E-state index contributed by atoms with van der Waals surface area (Å²) < 4.78 is 10.7. The minimum absolute atomic E-state index is 0.0510. The Morgan fingerprint density at radius 1 is 1.06 bits per heavy atom. The van der Waals surface area contributed by atoms with Crippen molar-refractivity contribution in [3.63, 3.8) is 0 Å². The number of nitrogens with zero attached hydrogens (tertiary/aromatic N) is 1. The fourth-order valence-electron chi connectivity index (χ4n) is 4.40. The number of aromatic amines is 1. The molecule has 0 saturated carbocycles. The van der Waals surface area contributed by atoms with Gasteiger partial charge in [0.15, 0.2) is 11.5 Å². The number of hydrogen-bond donors (Lipinski definition) is 2. The molecule has 3 heterocycles. The van der Waals surface area contributed by atoms with E-state index in [0.29, 0.717) is 22.7 Å². The Bertz CT molecular complexity index is 1460. The third-order valence-corrected chi connectivity index (χ3v) is 7.16. The van der Waals surface area contributed by atoms with E-state index in [2.05, 4.69) is 4.98 Å². The molecule has 7 nitrogen and oxygen atoms in total. The first-order valence-corrected chi connectivity index (χ1v) is 11.5. The van der Waals surface area contributed by atoms with E-state index in [1.54, 1.807) is 24.4 Å². The van der Waals surface area contributed by atoms with E-state index in [4.69, 9.17) is 9.47 Å². The molecule has 1 amide bonds. The molecular formula is C26H22N2O5S. The lowest BCUT2D eigenvalue weighted by molar-refractivity contribution is -0.132. The molecule has 1 fully saturated rings. The number of aliphatic hydroxyl groups excluding tert-OH is 1. The average molecular weight is 475 g/mol. The Morgan fingerprint density at radius 2 is 1.82 bits per heavy atom. The van der Waals surface area contributed by atoms with Crippen LogP contribution in [0.5, 0.6) is 11.5 Å². The van der Waals surface area contributed by atoms with Crippen molar-refractivity contribution in [1.29, 1.82) is 0 Å². The molecule has 8 heteroatoms. The average Bonchev–Trinajstić information content (AvgIpc) is 3.54. The predicted octanol–water partition coefficient (Wildman–Crippen LogP) is 5.18. The zero-order valence-electron chi connectivity index (χ0n) is 18.8. The summed E-state index contributed by atoms with van der Waals surface area (Å²) in [6, 6.07) is 13.7. The summed E-state index contributed by atoms with van der Waals surface area (Å²) in [6.45, 7) is 1.92. The Hall–Kier alpha value is -4.04. The Morgan fingerprint density at radius 3 is 2.53 bits per heavy atom. The summed E-state index contributed by atoms with van der Waals surface area (Å²) in [7, 11) is 3.04. The molecule has 2 aromatic heterocycles. The van der Waals surface area contributed by atoms with Crippen molar-refractivity contribution >= 4 is 45.4 Å². The number of nitrogens with one attached hydrogen (secondary N) is 1. The normalized spacial score (nSPS) is 17.5. The van der Waals surface area contributed by atoms with Crippen LogP contribution >= 0.6 is 11.3 Å². The summed E-state index contributed by atoms with van der Waals surface area (Å²) in [5.74, 6) is -0.732. The third kappa shape index (κ3) is 3.26. The number of Topliss-reactive ketones (excluding diaryl/α,β-unsaturated/α-hetero) is 1. The summed E-state index contributed by atoms with van der Waals surface area (Å²) in [4.78, 5) is 32.1. The van der Waals surface area contributed by atoms with Crippen molar-refractivity contribution in [2.75, 3.05) is 19.1 Å². The van der Waals surface area contributed by atoms with Crippen LogP contribution in [-0.2, 0) is 9.59 Å². The van der Waals surface area contributed by atoms with Gasteiger partial charge in [-0.1, -0.05) is 18.2 Å². The lowest BCUT2D eigenvalue weighted by Crippen LogP contribution is -2.29. The van der Waals surface area contributed by atoms with E-state index in [0.717, 1.165) is 21.3 Å². The third-order valence-electron chi connectivity index (χ3n) is 6.08. The highest BCUT2D eigenvalue weighted by atomic mass is 32.1. The number of aliphatic hydroxyl groups is 1. The molecule has 0 radical (unpaired) electrons.